The lowest BCUT2D eigenvalue weighted by atomic mass is 9.67. The van der Waals surface area contributed by atoms with Crippen molar-refractivity contribution < 1.29 is 0 Å². The van der Waals surface area contributed by atoms with Crippen LogP contribution in [0.4, 0.5) is 17.1 Å². The molecule has 0 atom stereocenters. The second kappa shape index (κ2) is 12.8. The Bertz CT molecular complexity index is 2940. The first kappa shape index (κ1) is 33.4. The molecule has 0 radical (unpaired) electrons. The van der Waals surface area contributed by atoms with E-state index in [0.29, 0.717) is 0 Å². The highest BCUT2D eigenvalue weighted by atomic mass is 15.1. The van der Waals surface area contributed by atoms with E-state index in [9.17, 15) is 0 Å². The molecule has 0 heterocycles. The first-order valence-corrected chi connectivity index (χ1v) is 20.0. The number of benzene rings is 9. The molecule has 1 nitrogen and oxygen atoms in total. The molecular formula is C56H41N. The summed E-state index contributed by atoms with van der Waals surface area (Å²) in [5, 5.41) is 2.47. The molecule has 9 aromatic carbocycles. The van der Waals surface area contributed by atoms with E-state index in [1.54, 1.807) is 0 Å². The van der Waals surface area contributed by atoms with Crippen molar-refractivity contribution in [2.45, 2.75) is 24.7 Å². The van der Waals surface area contributed by atoms with Crippen molar-refractivity contribution in [1.82, 2.24) is 0 Å². The van der Waals surface area contributed by atoms with Gasteiger partial charge in [0.15, 0.2) is 0 Å². The molecule has 0 N–H and O–H groups in total. The summed E-state index contributed by atoms with van der Waals surface area (Å²) < 4.78 is 0. The molecule has 0 aromatic heterocycles. The van der Waals surface area contributed by atoms with Gasteiger partial charge in [0.2, 0.25) is 0 Å². The van der Waals surface area contributed by atoms with Gasteiger partial charge < -0.3 is 4.90 Å². The minimum Gasteiger partial charge on any atom is -0.309 e. The van der Waals surface area contributed by atoms with E-state index in [2.05, 4.69) is 231 Å². The molecule has 2 aliphatic rings. The lowest BCUT2D eigenvalue weighted by Crippen LogP contribution is -2.28. The summed E-state index contributed by atoms with van der Waals surface area (Å²) in [6.07, 6.45) is 0. The zero-order valence-electron chi connectivity index (χ0n) is 32.2. The first-order valence-electron chi connectivity index (χ1n) is 20.0. The number of nitrogens with zero attached hydrogens (tertiary/aromatic N) is 1. The standard InChI is InChI=1S/C56H41N/c1-55(2)49-31-16-15-30-48(49)53-52(55)36-40-21-12-13-28-45(40)54(53)57(43-27-18-22-39(35-43)38-19-6-3-7-20-38)44-33-34-47-46-29-14-17-32-50(46)56(51(47)37-44,41-23-8-4-9-24-41)42-25-10-5-11-26-42/h3-37H,1-2H3. The van der Waals surface area contributed by atoms with Crippen LogP contribution in [-0.2, 0) is 10.8 Å². The SMILES string of the molecule is CC1(C)c2ccccc2-c2c1cc1ccccc1c2N(c1cccc(-c2ccccc2)c1)c1ccc2c(c1)C(c1ccccc1)(c1ccccc1)c1ccccc1-2. The molecule has 0 spiro atoms. The number of hydrogen-bond donors (Lipinski definition) is 0. The van der Waals surface area contributed by atoms with Crippen molar-refractivity contribution in [3.8, 4) is 33.4 Å². The van der Waals surface area contributed by atoms with Gasteiger partial charge in [-0.2, -0.15) is 0 Å². The Morgan fingerprint density at radius 3 is 1.67 bits per heavy atom. The van der Waals surface area contributed by atoms with Crippen LogP contribution in [0.3, 0.4) is 0 Å². The fraction of sp³-hybridized carbons (Fsp3) is 0.0714. The highest BCUT2D eigenvalue weighted by Gasteiger charge is 2.46. The Kier molecular flexibility index (Phi) is 7.50. The monoisotopic (exact) mass is 727 g/mol. The average Bonchev–Trinajstić information content (AvgIpc) is 3.70. The largest absolute Gasteiger partial charge is 0.309 e. The van der Waals surface area contributed by atoms with Gasteiger partial charge in [0, 0.05) is 27.7 Å². The highest BCUT2D eigenvalue weighted by molar-refractivity contribution is 6.10. The summed E-state index contributed by atoms with van der Waals surface area (Å²) >= 11 is 0. The molecule has 11 rings (SSSR count). The maximum atomic E-state index is 2.57. The normalized spacial score (nSPS) is 14.1. The van der Waals surface area contributed by atoms with Crippen LogP contribution in [0, 0.1) is 0 Å². The average molecular weight is 728 g/mol. The Morgan fingerprint density at radius 1 is 0.368 bits per heavy atom. The summed E-state index contributed by atoms with van der Waals surface area (Å²) in [5.74, 6) is 0. The zero-order chi connectivity index (χ0) is 38.1. The second-order valence-electron chi connectivity index (χ2n) is 16.0. The molecule has 0 amide bonds. The maximum Gasteiger partial charge on any atom is 0.0714 e. The summed E-state index contributed by atoms with van der Waals surface area (Å²) in [6.45, 7) is 4.77. The van der Waals surface area contributed by atoms with Crippen molar-refractivity contribution in [1.29, 1.82) is 0 Å². The van der Waals surface area contributed by atoms with Gasteiger partial charge in [-0.25, -0.2) is 0 Å². The van der Waals surface area contributed by atoms with Crippen LogP contribution in [0.25, 0.3) is 44.2 Å². The van der Waals surface area contributed by atoms with Gasteiger partial charge in [-0.1, -0.05) is 196 Å². The lowest BCUT2D eigenvalue weighted by molar-refractivity contribution is 0.661. The molecule has 0 bridgehead atoms. The van der Waals surface area contributed by atoms with E-state index in [1.165, 1.54) is 83.2 Å². The van der Waals surface area contributed by atoms with Gasteiger partial charge in [0.05, 0.1) is 11.1 Å². The summed E-state index contributed by atoms with van der Waals surface area (Å²) in [5.41, 5.74) is 18.2. The van der Waals surface area contributed by atoms with Crippen LogP contribution in [0.1, 0.15) is 47.2 Å². The van der Waals surface area contributed by atoms with Crippen LogP contribution in [0.2, 0.25) is 0 Å². The van der Waals surface area contributed by atoms with Gasteiger partial charge in [-0.15, -0.1) is 0 Å². The quantitative estimate of drug-likeness (QED) is 0.165. The molecule has 0 fully saturated rings. The van der Waals surface area contributed by atoms with Crippen LogP contribution in [-0.4, -0.2) is 0 Å². The summed E-state index contributed by atoms with van der Waals surface area (Å²) in [4.78, 5) is 2.57. The number of rotatable bonds is 6. The van der Waals surface area contributed by atoms with E-state index in [0.717, 1.165) is 11.4 Å². The van der Waals surface area contributed by atoms with E-state index in [-0.39, 0.29) is 5.41 Å². The van der Waals surface area contributed by atoms with Crippen molar-refractivity contribution >= 4 is 27.8 Å². The van der Waals surface area contributed by atoms with Crippen LogP contribution >= 0.6 is 0 Å². The number of anilines is 3. The highest BCUT2D eigenvalue weighted by Crippen LogP contribution is 2.60. The zero-order valence-corrected chi connectivity index (χ0v) is 32.2. The molecule has 57 heavy (non-hydrogen) atoms. The van der Waals surface area contributed by atoms with Crippen molar-refractivity contribution in [2.75, 3.05) is 4.90 Å². The van der Waals surface area contributed by atoms with Gasteiger partial charge >= 0.3 is 0 Å². The van der Waals surface area contributed by atoms with Crippen LogP contribution < -0.4 is 4.90 Å². The van der Waals surface area contributed by atoms with E-state index in [1.807, 2.05) is 0 Å². The molecular weight excluding hydrogens is 687 g/mol. The third-order valence-corrected chi connectivity index (χ3v) is 12.7. The van der Waals surface area contributed by atoms with Crippen LogP contribution in [0.5, 0.6) is 0 Å². The fourth-order valence-corrected chi connectivity index (χ4v) is 10.2. The van der Waals surface area contributed by atoms with E-state index < -0.39 is 5.41 Å². The third-order valence-electron chi connectivity index (χ3n) is 12.7. The van der Waals surface area contributed by atoms with Crippen LogP contribution in [0.15, 0.2) is 212 Å². The smallest absolute Gasteiger partial charge is 0.0714 e. The molecule has 0 unspecified atom stereocenters. The molecule has 270 valence electrons. The third kappa shape index (κ3) is 4.89. The predicted molar refractivity (Wildman–Crippen MR) is 239 cm³/mol. The summed E-state index contributed by atoms with van der Waals surface area (Å²) in [6, 6.07) is 78.8. The Labute approximate surface area is 335 Å². The minimum absolute atomic E-state index is 0.169. The molecule has 0 aliphatic heterocycles. The second-order valence-corrected chi connectivity index (χ2v) is 16.0. The molecule has 0 saturated heterocycles. The summed E-state index contributed by atoms with van der Waals surface area (Å²) in [7, 11) is 0. The van der Waals surface area contributed by atoms with Gasteiger partial charge in [0.25, 0.3) is 0 Å². The van der Waals surface area contributed by atoms with Gasteiger partial charge in [-0.05, 0) is 96.9 Å². The van der Waals surface area contributed by atoms with E-state index >= 15 is 0 Å². The topological polar surface area (TPSA) is 3.24 Å². The molecule has 0 saturated carbocycles. The predicted octanol–water partition coefficient (Wildman–Crippen LogP) is 14.6. The Morgan fingerprint density at radius 2 is 0.930 bits per heavy atom. The number of fused-ring (bicyclic) bond motifs is 7. The van der Waals surface area contributed by atoms with Gasteiger partial charge in [0.1, 0.15) is 0 Å². The van der Waals surface area contributed by atoms with E-state index in [4.69, 9.17) is 0 Å². The molecule has 1 heteroatoms. The maximum absolute atomic E-state index is 2.57. The lowest BCUT2D eigenvalue weighted by Gasteiger charge is -2.35. The minimum atomic E-state index is -0.517. The van der Waals surface area contributed by atoms with Crippen molar-refractivity contribution in [3.63, 3.8) is 0 Å². The van der Waals surface area contributed by atoms with Gasteiger partial charge in [-0.3, -0.25) is 0 Å². The number of hydrogen-bond acceptors (Lipinski definition) is 1. The fourth-order valence-electron chi connectivity index (χ4n) is 10.2. The Hall–Kier alpha value is -6.96. The first-order chi connectivity index (χ1) is 28.0. The van der Waals surface area contributed by atoms with Crippen molar-refractivity contribution in [2.24, 2.45) is 0 Å². The Balaban J connectivity index is 1.26. The van der Waals surface area contributed by atoms with Crippen molar-refractivity contribution in [3.05, 3.63) is 246 Å². The molecule has 9 aromatic rings. The molecule has 2 aliphatic carbocycles.